The van der Waals surface area contributed by atoms with Gasteiger partial charge in [0.2, 0.25) is 0 Å². The fourth-order valence-electron chi connectivity index (χ4n) is 2.72. The Morgan fingerprint density at radius 2 is 1.95 bits per heavy atom. The van der Waals surface area contributed by atoms with Crippen molar-refractivity contribution in [2.75, 3.05) is 0 Å². The molecule has 2 N–H and O–H groups in total. The van der Waals surface area contributed by atoms with E-state index < -0.39 is 12.4 Å². The zero-order chi connectivity index (χ0) is 12.6. The van der Waals surface area contributed by atoms with E-state index in [4.69, 9.17) is 14.2 Å². The van der Waals surface area contributed by atoms with Gasteiger partial charge in [-0.3, -0.25) is 19.0 Å². The molecule has 0 unspecified atom stereocenters. The number of fused-ring (bicyclic) bond motifs is 3. The van der Waals surface area contributed by atoms with Crippen LogP contribution in [0.3, 0.4) is 0 Å². The summed E-state index contributed by atoms with van der Waals surface area (Å²) in [5, 5.41) is 1.70. The average molecular weight is 256 g/mol. The SMILES string of the molecule is O=c1[nH]c2ccccc2c2c(C34OC(O3)O4)c[nH]c12. The fourth-order valence-corrected chi connectivity index (χ4v) is 2.72. The molecule has 0 saturated carbocycles. The first-order chi connectivity index (χ1) is 9.27. The van der Waals surface area contributed by atoms with Crippen molar-refractivity contribution in [3.8, 4) is 0 Å². The molecule has 6 heteroatoms. The van der Waals surface area contributed by atoms with Crippen LogP contribution in [0.5, 0.6) is 0 Å². The van der Waals surface area contributed by atoms with Gasteiger partial charge in [-0.2, -0.15) is 0 Å². The molecule has 0 radical (unpaired) electrons. The van der Waals surface area contributed by atoms with E-state index >= 15 is 0 Å². The fraction of sp³-hybridized carbons (Fsp3) is 0.154. The number of H-pyrrole nitrogens is 2. The van der Waals surface area contributed by atoms with Crippen LogP contribution in [0.25, 0.3) is 21.8 Å². The van der Waals surface area contributed by atoms with Crippen LogP contribution >= 0.6 is 0 Å². The number of rotatable bonds is 1. The van der Waals surface area contributed by atoms with Crippen molar-refractivity contribution in [3.63, 3.8) is 0 Å². The summed E-state index contributed by atoms with van der Waals surface area (Å²) in [6.45, 7) is -0.557. The topological polar surface area (TPSA) is 76.3 Å². The predicted molar refractivity (Wildman–Crippen MR) is 65.1 cm³/mol. The van der Waals surface area contributed by atoms with Gasteiger partial charge in [-0.1, -0.05) is 18.2 Å². The third kappa shape index (κ3) is 1.01. The van der Waals surface area contributed by atoms with Gasteiger partial charge < -0.3 is 9.97 Å². The number of ether oxygens (including phenoxy) is 3. The van der Waals surface area contributed by atoms with Gasteiger partial charge in [-0.05, 0) is 6.07 Å². The highest BCUT2D eigenvalue weighted by Gasteiger charge is 2.66. The minimum atomic E-state index is -1.13. The monoisotopic (exact) mass is 256 g/mol. The van der Waals surface area contributed by atoms with E-state index in [0.29, 0.717) is 11.1 Å². The zero-order valence-electron chi connectivity index (χ0n) is 9.60. The lowest BCUT2D eigenvalue weighted by Crippen LogP contribution is -2.68. The van der Waals surface area contributed by atoms with Crippen LogP contribution in [0.15, 0.2) is 35.3 Å². The Hall–Kier alpha value is -2.15. The second-order valence-corrected chi connectivity index (χ2v) is 4.65. The quantitative estimate of drug-likeness (QED) is 0.691. The largest absolute Gasteiger partial charge is 0.356 e. The molecule has 3 aliphatic rings. The van der Waals surface area contributed by atoms with Gasteiger partial charge in [0, 0.05) is 22.5 Å². The van der Waals surface area contributed by atoms with E-state index in [1.807, 2.05) is 24.3 Å². The number of hydrogen-bond acceptors (Lipinski definition) is 4. The lowest BCUT2D eigenvalue weighted by atomic mass is 10.1. The smallest absolute Gasteiger partial charge is 0.326 e. The molecule has 0 aliphatic carbocycles. The van der Waals surface area contributed by atoms with E-state index in [0.717, 1.165) is 16.3 Å². The maximum Gasteiger partial charge on any atom is 0.326 e. The summed E-state index contributed by atoms with van der Waals surface area (Å²) in [7, 11) is 0. The van der Waals surface area contributed by atoms with Crippen LogP contribution in [0.1, 0.15) is 5.56 Å². The van der Waals surface area contributed by atoms with Crippen LogP contribution in [0, 0.1) is 0 Å². The van der Waals surface area contributed by atoms with Crippen molar-refractivity contribution in [1.82, 2.24) is 9.97 Å². The Labute approximate surface area is 105 Å². The molecule has 19 heavy (non-hydrogen) atoms. The first-order valence-corrected chi connectivity index (χ1v) is 5.93. The second-order valence-electron chi connectivity index (χ2n) is 4.65. The van der Waals surface area contributed by atoms with Gasteiger partial charge in [0.05, 0.1) is 5.56 Å². The number of benzene rings is 1. The van der Waals surface area contributed by atoms with Crippen molar-refractivity contribution in [2.45, 2.75) is 12.4 Å². The summed E-state index contributed by atoms with van der Waals surface area (Å²) >= 11 is 0. The molecule has 0 amide bonds. The molecule has 6 rings (SSSR count). The minimum Gasteiger partial charge on any atom is -0.356 e. The molecule has 3 aromatic rings. The number of aromatic amines is 2. The number of pyridine rings is 1. The number of para-hydroxylation sites is 1. The van der Waals surface area contributed by atoms with Crippen LogP contribution in [0.4, 0.5) is 0 Å². The van der Waals surface area contributed by atoms with Crippen LogP contribution in [0.2, 0.25) is 0 Å². The summed E-state index contributed by atoms with van der Waals surface area (Å²) < 4.78 is 16.1. The molecule has 1 aromatic carbocycles. The summed E-state index contributed by atoms with van der Waals surface area (Å²) in [6, 6.07) is 7.59. The third-order valence-corrected chi connectivity index (χ3v) is 3.64. The van der Waals surface area contributed by atoms with Crippen molar-refractivity contribution >= 4 is 21.8 Å². The highest BCUT2D eigenvalue weighted by atomic mass is 17.2. The molecule has 5 heterocycles. The van der Waals surface area contributed by atoms with Crippen LogP contribution in [-0.2, 0) is 20.2 Å². The predicted octanol–water partition coefficient (Wildman–Crippen LogP) is 1.48. The summed E-state index contributed by atoms with van der Waals surface area (Å²) in [4.78, 5) is 17.8. The Kier molecular flexibility index (Phi) is 1.47. The maximum atomic E-state index is 12.0. The van der Waals surface area contributed by atoms with Crippen LogP contribution in [-0.4, -0.2) is 16.4 Å². The Morgan fingerprint density at radius 1 is 1.16 bits per heavy atom. The van der Waals surface area contributed by atoms with Crippen molar-refractivity contribution in [1.29, 1.82) is 0 Å². The molecule has 0 atom stereocenters. The first-order valence-electron chi connectivity index (χ1n) is 5.93. The number of nitrogens with one attached hydrogen (secondary N) is 2. The highest BCUT2D eigenvalue weighted by Crippen LogP contribution is 2.54. The molecular weight excluding hydrogens is 248 g/mol. The van der Waals surface area contributed by atoms with E-state index in [-0.39, 0.29) is 5.56 Å². The van der Waals surface area contributed by atoms with Gasteiger partial charge in [0.1, 0.15) is 5.52 Å². The lowest BCUT2D eigenvalue weighted by molar-refractivity contribution is -0.750. The van der Waals surface area contributed by atoms with Crippen LogP contribution < -0.4 is 5.56 Å². The van der Waals surface area contributed by atoms with E-state index in [2.05, 4.69) is 9.97 Å². The summed E-state index contributed by atoms with van der Waals surface area (Å²) in [5.74, 6) is -1.13. The van der Waals surface area contributed by atoms with Gasteiger partial charge in [-0.25, -0.2) is 0 Å². The molecule has 2 bridgehead atoms. The summed E-state index contributed by atoms with van der Waals surface area (Å²) in [5.41, 5.74) is 1.79. The molecule has 94 valence electrons. The Balaban J connectivity index is 1.97. The molecule has 3 fully saturated rings. The summed E-state index contributed by atoms with van der Waals surface area (Å²) in [6.07, 6.45) is 1.70. The van der Waals surface area contributed by atoms with Gasteiger partial charge in [-0.15, -0.1) is 0 Å². The number of aromatic nitrogens is 2. The third-order valence-electron chi connectivity index (χ3n) is 3.64. The normalized spacial score (nSPS) is 28.3. The molecule has 2 aromatic heterocycles. The lowest BCUT2D eigenvalue weighted by Gasteiger charge is -2.57. The van der Waals surface area contributed by atoms with Crippen molar-refractivity contribution in [2.24, 2.45) is 0 Å². The van der Waals surface area contributed by atoms with Gasteiger partial charge in [0.15, 0.2) is 0 Å². The Morgan fingerprint density at radius 3 is 2.68 bits per heavy atom. The molecule has 6 nitrogen and oxygen atoms in total. The van der Waals surface area contributed by atoms with Crippen molar-refractivity contribution < 1.29 is 14.2 Å². The number of hydrogen-bond donors (Lipinski definition) is 2. The maximum absolute atomic E-state index is 12.0. The first kappa shape index (κ1) is 9.74. The van der Waals surface area contributed by atoms with Gasteiger partial charge in [0.25, 0.3) is 12.0 Å². The molecule has 3 saturated heterocycles. The molecular formula is C13H8N2O4. The zero-order valence-corrected chi connectivity index (χ0v) is 9.60. The second kappa shape index (κ2) is 2.88. The van der Waals surface area contributed by atoms with E-state index in [9.17, 15) is 4.79 Å². The average Bonchev–Trinajstić information content (AvgIpc) is 2.71. The molecule has 0 spiro atoms. The minimum absolute atomic E-state index is 0.174. The van der Waals surface area contributed by atoms with Gasteiger partial charge >= 0.3 is 5.97 Å². The van der Waals surface area contributed by atoms with E-state index in [1.165, 1.54) is 0 Å². The highest BCUT2D eigenvalue weighted by molar-refractivity contribution is 6.06. The Bertz CT molecular complexity index is 877. The molecule has 3 aliphatic heterocycles. The standard InChI is InChI=1S/C13H8N2O4/c16-11-10-9(6-3-1-2-4-8(6)15-11)7(5-14-10)13-17-12(18-13)19-13/h1-5,12,14H,(H,15,16). The van der Waals surface area contributed by atoms with E-state index in [1.54, 1.807) is 6.20 Å². The van der Waals surface area contributed by atoms with Crippen molar-refractivity contribution in [3.05, 3.63) is 46.4 Å².